The Labute approximate surface area is 70.5 Å². The highest BCUT2D eigenvalue weighted by atomic mass is 16.7. The molecule has 2 atom stereocenters. The maximum Gasteiger partial charge on any atom is 0.407 e. The quantitative estimate of drug-likeness (QED) is 0.551. The molecule has 2 rings (SSSR count). The molecular weight excluding hydrogens is 160 g/mol. The average molecular weight is 172 g/mol. The zero-order valence-corrected chi connectivity index (χ0v) is 6.93. The van der Waals surface area contributed by atoms with E-state index < -0.39 is 6.09 Å². The number of hydrogen-bond acceptors (Lipinski definition) is 3. The first kappa shape index (κ1) is 7.82. The second-order valence-corrected chi connectivity index (χ2v) is 3.36. The van der Waals surface area contributed by atoms with Crippen LogP contribution in [0.15, 0.2) is 0 Å². The standard InChI is InChI=1S/C7H12N2O3/c1-8-6-3-9(7(10)11)2-5(6)4-12-8/h5-6H,2-4H2,1H3,(H,10,11). The summed E-state index contributed by atoms with van der Waals surface area (Å²) in [6.45, 7) is 1.85. The summed E-state index contributed by atoms with van der Waals surface area (Å²) in [6.07, 6.45) is -0.821. The van der Waals surface area contributed by atoms with E-state index in [1.54, 1.807) is 5.06 Å². The van der Waals surface area contributed by atoms with Crippen molar-refractivity contribution in [2.45, 2.75) is 6.04 Å². The first-order valence-electron chi connectivity index (χ1n) is 4.02. The third-order valence-electron chi connectivity index (χ3n) is 2.64. The zero-order chi connectivity index (χ0) is 8.72. The maximum atomic E-state index is 10.6. The summed E-state index contributed by atoms with van der Waals surface area (Å²) in [6, 6.07) is 0.265. The van der Waals surface area contributed by atoms with Crippen molar-refractivity contribution < 1.29 is 14.7 Å². The van der Waals surface area contributed by atoms with Gasteiger partial charge in [0.15, 0.2) is 0 Å². The summed E-state index contributed by atoms with van der Waals surface area (Å²) in [5.41, 5.74) is 0. The van der Waals surface area contributed by atoms with Crippen molar-refractivity contribution in [3.63, 3.8) is 0 Å². The first-order valence-corrected chi connectivity index (χ1v) is 4.02. The van der Waals surface area contributed by atoms with Crippen molar-refractivity contribution >= 4 is 6.09 Å². The smallest absolute Gasteiger partial charge is 0.407 e. The number of fused-ring (bicyclic) bond motifs is 1. The predicted molar refractivity (Wildman–Crippen MR) is 40.6 cm³/mol. The number of hydrogen-bond donors (Lipinski definition) is 1. The van der Waals surface area contributed by atoms with Gasteiger partial charge in [-0.3, -0.25) is 4.84 Å². The maximum absolute atomic E-state index is 10.6. The lowest BCUT2D eigenvalue weighted by Crippen LogP contribution is -2.33. The van der Waals surface area contributed by atoms with Gasteiger partial charge in [-0.05, 0) is 0 Å². The van der Waals surface area contributed by atoms with Crippen molar-refractivity contribution in [2.24, 2.45) is 5.92 Å². The Balaban J connectivity index is 2.03. The molecule has 0 aromatic heterocycles. The number of rotatable bonds is 0. The van der Waals surface area contributed by atoms with Crippen LogP contribution in [-0.4, -0.2) is 53.9 Å². The van der Waals surface area contributed by atoms with Crippen molar-refractivity contribution in [2.75, 3.05) is 26.7 Å². The minimum atomic E-state index is -0.821. The second-order valence-electron chi connectivity index (χ2n) is 3.36. The fraction of sp³-hybridized carbons (Fsp3) is 0.857. The number of amides is 1. The van der Waals surface area contributed by atoms with Gasteiger partial charge in [0.25, 0.3) is 0 Å². The van der Waals surface area contributed by atoms with E-state index in [9.17, 15) is 4.79 Å². The Morgan fingerprint density at radius 3 is 2.92 bits per heavy atom. The Bertz CT molecular complexity index is 209. The highest BCUT2D eigenvalue weighted by molar-refractivity contribution is 5.65. The van der Waals surface area contributed by atoms with Crippen LogP contribution in [0.4, 0.5) is 4.79 Å². The van der Waals surface area contributed by atoms with E-state index in [4.69, 9.17) is 9.94 Å². The molecule has 0 spiro atoms. The highest BCUT2D eigenvalue weighted by Gasteiger charge is 2.42. The second kappa shape index (κ2) is 2.60. The normalized spacial score (nSPS) is 35.6. The molecule has 1 amide bonds. The molecule has 5 nitrogen and oxygen atoms in total. The fourth-order valence-corrected chi connectivity index (χ4v) is 1.90. The van der Waals surface area contributed by atoms with E-state index in [-0.39, 0.29) is 6.04 Å². The molecule has 0 aromatic carbocycles. The zero-order valence-electron chi connectivity index (χ0n) is 6.93. The largest absolute Gasteiger partial charge is 0.465 e. The molecule has 0 radical (unpaired) electrons. The molecule has 0 saturated carbocycles. The first-order chi connectivity index (χ1) is 5.68. The van der Waals surface area contributed by atoms with Crippen molar-refractivity contribution in [1.29, 1.82) is 0 Å². The van der Waals surface area contributed by atoms with Gasteiger partial charge in [0.2, 0.25) is 0 Å². The van der Waals surface area contributed by atoms with E-state index in [1.165, 1.54) is 4.90 Å². The van der Waals surface area contributed by atoms with Crippen LogP contribution in [0.1, 0.15) is 0 Å². The topological polar surface area (TPSA) is 53.0 Å². The number of hydroxylamine groups is 2. The summed E-state index contributed by atoms with van der Waals surface area (Å²) in [4.78, 5) is 17.3. The molecule has 5 heteroatoms. The third-order valence-corrected chi connectivity index (χ3v) is 2.64. The summed E-state index contributed by atoms with van der Waals surface area (Å²) >= 11 is 0. The Morgan fingerprint density at radius 1 is 1.58 bits per heavy atom. The molecule has 0 aliphatic carbocycles. The summed E-state index contributed by atoms with van der Waals surface area (Å²) < 4.78 is 0. The van der Waals surface area contributed by atoms with Gasteiger partial charge in [0.1, 0.15) is 0 Å². The fourth-order valence-electron chi connectivity index (χ4n) is 1.90. The molecule has 2 unspecified atom stereocenters. The highest BCUT2D eigenvalue weighted by Crippen LogP contribution is 2.27. The molecule has 2 fully saturated rings. The number of nitrogens with zero attached hydrogens (tertiary/aromatic N) is 2. The van der Waals surface area contributed by atoms with Crippen LogP contribution in [-0.2, 0) is 4.84 Å². The molecule has 2 aliphatic rings. The minimum absolute atomic E-state index is 0.265. The number of likely N-dealkylation sites (N-methyl/N-ethyl adjacent to an activating group) is 1. The predicted octanol–water partition coefficient (Wildman–Crippen LogP) is -0.158. The summed E-state index contributed by atoms with van der Waals surface area (Å²) in [5, 5.41) is 10.5. The van der Waals surface area contributed by atoms with Crippen LogP contribution < -0.4 is 0 Å². The van der Waals surface area contributed by atoms with Gasteiger partial charge in [-0.2, -0.15) is 5.06 Å². The van der Waals surface area contributed by atoms with Crippen LogP contribution in [0.5, 0.6) is 0 Å². The van der Waals surface area contributed by atoms with Crippen LogP contribution >= 0.6 is 0 Å². The van der Waals surface area contributed by atoms with Gasteiger partial charge in [-0.25, -0.2) is 4.79 Å². The molecule has 0 aromatic rings. The van der Waals surface area contributed by atoms with E-state index >= 15 is 0 Å². The third kappa shape index (κ3) is 1.05. The Hall–Kier alpha value is -0.810. The van der Waals surface area contributed by atoms with Gasteiger partial charge in [-0.1, -0.05) is 0 Å². The van der Waals surface area contributed by atoms with Gasteiger partial charge in [0, 0.05) is 26.1 Å². The number of carbonyl (C=O) groups is 1. The SMILES string of the molecule is CN1OCC2CN(C(=O)O)CC21. The van der Waals surface area contributed by atoms with E-state index in [0.29, 0.717) is 25.6 Å². The van der Waals surface area contributed by atoms with E-state index in [1.807, 2.05) is 7.05 Å². The van der Waals surface area contributed by atoms with Crippen LogP contribution in [0.25, 0.3) is 0 Å². The minimum Gasteiger partial charge on any atom is -0.465 e. The van der Waals surface area contributed by atoms with Gasteiger partial charge in [0.05, 0.1) is 12.6 Å². The Kier molecular flexibility index (Phi) is 1.69. The van der Waals surface area contributed by atoms with Crippen LogP contribution in [0, 0.1) is 5.92 Å². The van der Waals surface area contributed by atoms with E-state index in [2.05, 4.69) is 0 Å². The van der Waals surface area contributed by atoms with Crippen LogP contribution in [0.3, 0.4) is 0 Å². The summed E-state index contributed by atoms with van der Waals surface area (Å²) in [7, 11) is 1.86. The average Bonchev–Trinajstić information content (AvgIpc) is 2.53. The molecule has 68 valence electrons. The monoisotopic (exact) mass is 172 g/mol. The molecule has 12 heavy (non-hydrogen) atoms. The molecule has 1 N–H and O–H groups in total. The molecule has 0 bridgehead atoms. The van der Waals surface area contributed by atoms with Gasteiger partial charge < -0.3 is 10.0 Å². The van der Waals surface area contributed by atoms with Crippen molar-refractivity contribution in [1.82, 2.24) is 9.96 Å². The molecular formula is C7H12N2O3. The molecule has 2 heterocycles. The number of carboxylic acid groups (broad SMARTS) is 1. The lowest BCUT2D eigenvalue weighted by atomic mass is 10.1. The lowest BCUT2D eigenvalue weighted by Gasteiger charge is -2.17. The summed E-state index contributed by atoms with van der Waals surface area (Å²) in [5.74, 6) is 0.367. The van der Waals surface area contributed by atoms with Crippen molar-refractivity contribution in [3.8, 4) is 0 Å². The molecule has 2 saturated heterocycles. The number of likely N-dealkylation sites (tertiary alicyclic amines) is 1. The van der Waals surface area contributed by atoms with Gasteiger partial charge >= 0.3 is 6.09 Å². The van der Waals surface area contributed by atoms with E-state index in [0.717, 1.165) is 0 Å². The van der Waals surface area contributed by atoms with Gasteiger partial charge in [-0.15, -0.1) is 0 Å². The van der Waals surface area contributed by atoms with Crippen molar-refractivity contribution in [3.05, 3.63) is 0 Å². The lowest BCUT2D eigenvalue weighted by molar-refractivity contribution is -0.112. The van der Waals surface area contributed by atoms with Crippen LogP contribution in [0.2, 0.25) is 0 Å². The Morgan fingerprint density at radius 2 is 2.33 bits per heavy atom. The molecule has 2 aliphatic heterocycles.